The first kappa shape index (κ1) is 13.6. The molecule has 1 aromatic carbocycles. The molecule has 20 heavy (non-hydrogen) atoms. The zero-order chi connectivity index (χ0) is 14.9. The van der Waals surface area contributed by atoms with Crippen LogP contribution in [0.4, 0.5) is 0 Å². The molecule has 0 aliphatic rings. The smallest absolute Gasteiger partial charge is 0.337 e. The molecule has 1 aromatic heterocycles. The molecule has 2 N–H and O–H groups in total. The fraction of sp³-hybridized carbons (Fsp3) is 0.133. The average Bonchev–Trinajstić information content (AvgIpc) is 2.41. The number of carbonyl (C=O) groups is 1. The van der Waals surface area contributed by atoms with Gasteiger partial charge in [-0.3, -0.25) is 4.79 Å². The summed E-state index contributed by atoms with van der Waals surface area (Å²) in [6, 6.07) is 8.19. The molecule has 1 heterocycles. The number of aromatic carboxylic acids is 1. The molecular weight excluding hydrogens is 256 g/mol. The number of aryl methyl sites for hydroxylation is 2. The van der Waals surface area contributed by atoms with Crippen molar-refractivity contribution in [2.75, 3.05) is 0 Å². The predicted octanol–water partition coefficient (Wildman–Crippen LogP) is 2.23. The fourth-order valence-electron chi connectivity index (χ4n) is 1.91. The first-order valence-electron chi connectivity index (χ1n) is 5.92. The van der Waals surface area contributed by atoms with E-state index in [2.05, 4.69) is 4.98 Å². The number of carboxylic acid groups (broad SMARTS) is 1. The summed E-state index contributed by atoms with van der Waals surface area (Å²) in [6.45, 7) is 3.85. The molecule has 100 valence electrons. The molecule has 2 aromatic rings. The Hall–Kier alpha value is -2.87. The van der Waals surface area contributed by atoms with E-state index in [-0.39, 0.29) is 16.8 Å². The number of aromatic amines is 1. The van der Waals surface area contributed by atoms with Gasteiger partial charge >= 0.3 is 5.97 Å². The van der Waals surface area contributed by atoms with Crippen LogP contribution in [0.3, 0.4) is 0 Å². The minimum atomic E-state index is -1.19. The lowest BCUT2D eigenvalue weighted by atomic mass is 10.00. The normalized spacial score (nSPS) is 10.1. The quantitative estimate of drug-likeness (QED) is 0.873. The van der Waals surface area contributed by atoms with E-state index in [9.17, 15) is 14.7 Å². The van der Waals surface area contributed by atoms with E-state index in [1.807, 2.05) is 19.9 Å². The summed E-state index contributed by atoms with van der Waals surface area (Å²) in [7, 11) is 0. The van der Waals surface area contributed by atoms with Gasteiger partial charge in [-0.2, -0.15) is 5.26 Å². The molecule has 0 unspecified atom stereocenters. The summed E-state index contributed by atoms with van der Waals surface area (Å²) in [5.74, 6) is -1.19. The van der Waals surface area contributed by atoms with Crippen LogP contribution >= 0.6 is 0 Å². The number of hydrogen-bond donors (Lipinski definition) is 2. The second-order valence-corrected chi connectivity index (χ2v) is 4.52. The Morgan fingerprint density at radius 1 is 1.25 bits per heavy atom. The molecule has 0 saturated carbocycles. The van der Waals surface area contributed by atoms with Crippen LogP contribution in [0, 0.1) is 25.2 Å². The summed E-state index contributed by atoms with van der Waals surface area (Å²) < 4.78 is 0. The number of hydrogen-bond acceptors (Lipinski definition) is 3. The summed E-state index contributed by atoms with van der Waals surface area (Å²) >= 11 is 0. The van der Waals surface area contributed by atoms with Crippen LogP contribution in [-0.4, -0.2) is 16.1 Å². The molecule has 2 rings (SSSR count). The topological polar surface area (TPSA) is 94.0 Å². The Balaban J connectivity index is 2.76. The van der Waals surface area contributed by atoms with E-state index < -0.39 is 11.5 Å². The highest BCUT2D eigenvalue weighted by Crippen LogP contribution is 2.23. The van der Waals surface area contributed by atoms with Crippen LogP contribution in [0.5, 0.6) is 0 Å². The van der Waals surface area contributed by atoms with Crippen molar-refractivity contribution >= 4 is 5.97 Å². The Bertz CT molecular complexity index is 798. The van der Waals surface area contributed by atoms with E-state index in [1.165, 1.54) is 0 Å². The highest BCUT2D eigenvalue weighted by atomic mass is 16.4. The van der Waals surface area contributed by atoms with Crippen molar-refractivity contribution in [3.05, 3.63) is 56.9 Å². The Morgan fingerprint density at radius 3 is 2.50 bits per heavy atom. The SMILES string of the molecule is Cc1ccc(-c2[nH]c(=O)c(C#N)cc2C(=O)O)cc1C. The van der Waals surface area contributed by atoms with Gasteiger partial charge in [0, 0.05) is 0 Å². The Kier molecular flexibility index (Phi) is 3.40. The van der Waals surface area contributed by atoms with Crippen LogP contribution in [0.25, 0.3) is 11.3 Å². The molecule has 0 aliphatic heterocycles. The lowest BCUT2D eigenvalue weighted by Gasteiger charge is -2.09. The Labute approximate surface area is 115 Å². The average molecular weight is 268 g/mol. The van der Waals surface area contributed by atoms with Crippen molar-refractivity contribution in [1.82, 2.24) is 4.98 Å². The van der Waals surface area contributed by atoms with E-state index in [1.54, 1.807) is 18.2 Å². The van der Waals surface area contributed by atoms with Crippen LogP contribution in [0.15, 0.2) is 29.1 Å². The molecule has 0 fully saturated rings. The van der Waals surface area contributed by atoms with E-state index in [0.29, 0.717) is 5.56 Å². The van der Waals surface area contributed by atoms with Crippen LogP contribution in [-0.2, 0) is 0 Å². The fourth-order valence-corrected chi connectivity index (χ4v) is 1.91. The molecule has 0 spiro atoms. The number of rotatable bonds is 2. The highest BCUT2D eigenvalue weighted by Gasteiger charge is 2.16. The number of pyridine rings is 1. The van der Waals surface area contributed by atoms with Gasteiger partial charge in [0.05, 0.1) is 11.3 Å². The zero-order valence-electron chi connectivity index (χ0n) is 11.0. The van der Waals surface area contributed by atoms with E-state index in [4.69, 9.17) is 5.26 Å². The molecular formula is C15H12N2O3. The first-order valence-corrected chi connectivity index (χ1v) is 5.92. The van der Waals surface area contributed by atoms with Gasteiger partial charge in [0.1, 0.15) is 11.6 Å². The van der Waals surface area contributed by atoms with Crippen molar-refractivity contribution in [2.45, 2.75) is 13.8 Å². The molecule has 0 bridgehead atoms. The van der Waals surface area contributed by atoms with E-state index >= 15 is 0 Å². The third-order valence-corrected chi connectivity index (χ3v) is 3.19. The lowest BCUT2D eigenvalue weighted by molar-refractivity contribution is 0.0697. The van der Waals surface area contributed by atoms with Gasteiger partial charge < -0.3 is 10.1 Å². The second kappa shape index (κ2) is 5.02. The van der Waals surface area contributed by atoms with Crippen LogP contribution in [0.1, 0.15) is 27.0 Å². The number of nitrogens with zero attached hydrogens (tertiary/aromatic N) is 1. The van der Waals surface area contributed by atoms with Crippen molar-refractivity contribution in [3.63, 3.8) is 0 Å². The molecule has 5 nitrogen and oxygen atoms in total. The second-order valence-electron chi connectivity index (χ2n) is 4.52. The van der Waals surface area contributed by atoms with Crippen molar-refractivity contribution < 1.29 is 9.90 Å². The van der Waals surface area contributed by atoms with Crippen LogP contribution in [0.2, 0.25) is 0 Å². The maximum Gasteiger partial charge on any atom is 0.337 e. The summed E-state index contributed by atoms with van der Waals surface area (Å²) in [5, 5.41) is 18.0. The summed E-state index contributed by atoms with van der Waals surface area (Å²) in [6.07, 6.45) is 0. The number of nitriles is 1. The number of aromatic nitrogens is 1. The van der Waals surface area contributed by atoms with Gasteiger partial charge in [-0.25, -0.2) is 4.79 Å². The minimum absolute atomic E-state index is 0.0931. The molecule has 5 heteroatoms. The zero-order valence-corrected chi connectivity index (χ0v) is 11.0. The van der Waals surface area contributed by atoms with Gasteiger partial charge in [-0.05, 0) is 42.7 Å². The molecule has 0 amide bonds. The third kappa shape index (κ3) is 2.31. The minimum Gasteiger partial charge on any atom is -0.478 e. The van der Waals surface area contributed by atoms with Crippen LogP contribution < -0.4 is 5.56 Å². The molecule has 0 atom stereocenters. The molecule has 0 saturated heterocycles. The first-order chi connectivity index (χ1) is 9.43. The van der Waals surface area contributed by atoms with Gasteiger partial charge in [0.2, 0.25) is 0 Å². The molecule has 0 radical (unpaired) electrons. The standard InChI is InChI=1S/C15H12N2O3/c1-8-3-4-10(5-9(8)2)13-12(15(19)20)6-11(7-16)14(18)17-13/h3-6H,1-2H3,(H,17,18)(H,19,20). The number of benzene rings is 1. The largest absolute Gasteiger partial charge is 0.478 e. The summed E-state index contributed by atoms with van der Waals surface area (Å²) in [5.41, 5.74) is 1.98. The summed E-state index contributed by atoms with van der Waals surface area (Å²) in [4.78, 5) is 25.5. The van der Waals surface area contributed by atoms with Crippen molar-refractivity contribution in [1.29, 1.82) is 5.26 Å². The monoisotopic (exact) mass is 268 g/mol. The van der Waals surface area contributed by atoms with Gasteiger partial charge in [-0.1, -0.05) is 12.1 Å². The number of carboxylic acids is 1. The van der Waals surface area contributed by atoms with Crippen molar-refractivity contribution in [3.8, 4) is 17.3 Å². The maximum absolute atomic E-state index is 11.7. The Morgan fingerprint density at radius 2 is 1.95 bits per heavy atom. The van der Waals surface area contributed by atoms with Gasteiger partial charge in [-0.15, -0.1) is 0 Å². The number of H-pyrrole nitrogens is 1. The highest BCUT2D eigenvalue weighted by molar-refractivity contribution is 5.95. The van der Waals surface area contributed by atoms with E-state index in [0.717, 1.165) is 17.2 Å². The van der Waals surface area contributed by atoms with Gasteiger partial charge in [0.25, 0.3) is 5.56 Å². The third-order valence-electron chi connectivity index (χ3n) is 3.19. The maximum atomic E-state index is 11.7. The van der Waals surface area contributed by atoms with Gasteiger partial charge in [0.15, 0.2) is 0 Å². The number of nitrogens with one attached hydrogen (secondary N) is 1. The van der Waals surface area contributed by atoms with Crippen molar-refractivity contribution in [2.24, 2.45) is 0 Å². The predicted molar refractivity (Wildman–Crippen MR) is 73.6 cm³/mol. The molecule has 0 aliphatic carbocycles. The lowest BCUT2D eigenvalue weighted by Crippen LogP contribution is -2.15.